The molecule has 160 valence electrons. The number of amides is 2. The first kappa shape index (κ1) is 20.9. The molecular weight excluding hydrogens is 386 g/mol. The quantitative estimate of drug-likeness (QED) is 0.467. The Morgan fingerprint density at radius 2 is 1.71 bits per heavy atom. The van der Waals surface area contributed by atoms with Crippen LogP contribution >= 0.6 is 0 Å². The molecule has 2 amide bonds. The lowest BCUT2D eigenvalue weighted by atomic mass is 9.95. The van der Waals surface area contributed by atoms with Crippen LogP contribution < -0.4 is 5.32 Å². The fraction of sp³-hybridized carbons (Fsp3) is 0.308. The molecule has 0 radical (unpaired) electrons. The smallest absolute Gasteiger partial charge is 0.246 e. The molecule has 0 bridgehead atoms. The number of likely N-dealkylation sites (tertiary alicyclic amines) is 1. The third kappa shape index (κ3) is 5.43. The van der Waals surface area contributed by atoms with Gasteiger partial charge in [0.1, 0.15) is 0 Å². The highest BCUT2D eigenvalue weighted by molar-refractivity contribution is 5.92. The number of rotatable bonds is 7. The van der Waals surface area contributed by atoms with Gasteiger partial charge in [0.2, 0.25) is 11.8 Å². The maximum Gasteiger partial charge on any atom is 0.246 e. The van der Waals surface area contributed by atoms with E-state index in [-0.39, 0.29) is 17.7 Å². The maximum absolute atomic E-state index is 12.5. The van der Waals surface area contributed by atoms with Gasteiger partial charge in [0.15, 0.2) is 0 Å². The zero-order valence-electron chi connectivity index (χ0n) is 17.7. The first-order chi connectivity index (χ1) is 15.2. The van der Waals surface area contributed by atoms with Crippen molar-refractivity contribution in [2.45, 2.75) is 25.8 Å². The van der Waals surface area contributed by atoms with Crippen molar-refractivity contribution in [1.29, 1.82) is 0 Å². The number of hydrogen-bond acceptors (Lipinski definition) is 2. The average Bonchev–Trinajstić information content (AvgIpc) is 3.24. The zero-order valence-corrected chi connectivity index (χ0v) is 17.7. The molecule has 1 N–H and O–H groups in total. The van der Waals surface area contributed by atoms with Gasteiger partial charge in [0.25, 0.3) is 0 Å². The Kier molecular flexibility index (Phi) is 6.82. The van der Waals surface area contributed by atoms with Crippen LogP contribution in [0.15, 0.2) is 72.9 Å². The summed E-state index contributed by atoms with van der Waals surface area (Å²) < 4.78 is 2.23. The number of hydrogen-bond donors (Lipinski definition) is 1. The number of nitrogens with zero attached hydrogens (tertiary/aromatic N) is 2. The lowest BCUT2D eigenvalue weighted by molar-refractivity contribution is -0.132. The molecule has 5 heteroatoms. The van der Waals surface area contributed by atoms with E-state index in [1.54, 1.807) is 6.08 Å². The number of aryl methyl sites for hydroxylation is 1. The first-order valence-electron chi connectivity index (χ1n) is 11.0. The molecule has 1 aliphatic heterocycles. The summed E-state index contributed by atoms with van der Waals surface area (Å²) in [4.78, 5) is 26.8. The fourth-order valence-corrected chi connectivity index (χ4v) is 4.14. The number of nitrogens with one attached hydrogen (secondary N) is 1. The molecule has 3 aromatic rings. The summed E-state index contributed by atoms with van der Waals surface area (Å²) >= 11 is 0. The van der Waals surface area contributed by atoms with E-state index in [4.69, 9.17) is 0 Å². The van der Waals surface area contributed by atoms with E-state index in [2.05, 4.69) is 40.3 Å². The Morgan fingerprint density at radius 3 is 2.52 bits per heavy atom. The van der Waals surface area contributed by atoms with Gasteiger partial charge in [0, 0.05) is 49.9 Å². The molecule has 1 fully saturated rings. The Balaban J connectivity index is 1.17. The van der Waals surface area contributed by atoms with Gasteiger partial charge in [-0.05, 0) is 48.4 Å². The Labute approximate surface area is 183 Å². The van der Waals surface area contributed by atoms with Crippen LogP contribution in [0, 0.1) is 5.92 Å². The van der Waals surface area contributed by atoms with Crippen LogP contribution in [0.1, 0.15) is 24.8 Å². The van der Waals surface area contributed by atoms with Gasteiger partial charge in [0.05, 0.1) is 0 Å². The average molecular weight is 416 g/mol. The summed E-state index contributed by atoms with van der Waals surface area (Å²) in [5.41, 5.74) is 2.24. The highest BCUT2D eigenvalue weighted by Crippen LogP contribution is 2.18. The maximum atomic E-state index is 12.5. The highest BCUT2D eigenvalue weighted by Gasteiger charge is 2.26. The number of fused-ring (bicyclic) bond motifs is 1. The summed E-state index contributed by atoms with van der Waals surface area (Å²) in [6.45, 7) is 2.82. The highest BCUT2D eigenvalue weighted by atomic mass is 16.2. The van der Waals surface area contributed by atoms with E-state index in [1.807, 2.05) is 47.4 Å². The van der Waals surface area contributed by atoms with Crippen molar-refractivity contribution >= 4 is 28.8 Å². The van der Waals surface area contributed by atoms with Gasteiger partial charge in [-0.1, -0.05) is 48.5 Å². The second-order valence-corrected chi connectivity index (χ2v) is 8.06. The zero-order chi connectivity index (χ0) is 21.5. The van der Waals surface area contributed by atoms with E-state index < -0.39 is 0 Å². The molecule has 1 saturated heterocycles. The molecule has 2 heterocycles. The lowest BCUT2D eigenvalue weighted by Gasteiger charge is -2.30. The third-order valence-corrected chi connectivity index (χ3v) is 5.95. The normalized spacial score (nSPS) is 14.9. The molecule has 0 spiro atoms. The Morgan fingerprint density at radius 1 is 0.968 bits per heavy atom. The van der Waals surface area contributed by atoms with Crippen molar-refractivity contribution in [3.05, 3.63) is 78.5 Å². The van der Waals surface area contributed by atoms with Crippen LogP contribution in [0.4, 0.5) is 0 Å². The van der Waals surface area contributed by atoms with E-state index in [1.165, 1.54) is 10.9 Å². The summed E-state index contributed by atoms with van der Waals surface area (Å²) in [5.74, 6) is 0.125. The van der Waals surface area contributed by atoms with Gasteiger partial charge >= 0.3 is 0 Å². The van der Waals surface area contributed by atoms with Crippen LogP contribution in [-0.4, -0.2) is 40.9 Å². The molecule has 2 aromatic carbocycles. The monoisotopic (exact) mass is 415 g/mol. The molecule has 5 nitrogen and oxygen atoms in total. The standard InChI is InChI=1S/C26H29N3O2/c30-25(12-11-21-7-2-1-3-8-21)29-19-14-23(15-20-29)26(31)27-16-6-17-28-18-13-22-9-4-5-10-24(22)28/h1-5,7-13,18,23H,6,14-17,19-20H2,(H,27,31). The lowest BCUT2D eigenvalue weighted by Crippen LogP contribution is -2.42. The van der Waals surface area contributed by atoms with E-state index >= 15 is 0 Å². The first-order valence-corrected chi connectivity index (χ1v) is 11.0. The van der Waals surface area contributed by atoms with Crippen LogP contribution in [0.5, 0.6) is 0 Å². The SMILES string of the molecule is O=C(NCCCn1ccc2ccccc21)C1CCN(C(=O)C=Cc2ccccc2)CC1. The van der Waals surface area contributed by atoms with Crippen molar-refractivity contribution in [2.75, 3.05) is 19.6 Å². The second-order valence-electron chi connectivity index (χ2n) is 8.06. The number of aromatic nitrogens is 1. The molecule has 1 aliphatic rings. The molecule has 0 atom stereocenters. The predicted octanol–water partition coefficient (Wildman–Crippen LogP) is 4.10. The number of benzene rings is 2. The van der Waals surface area contributed by atoms with Gasteiger partial charge in [-0.15, -0.1) is 0 Å². The van der Waals surface area contributed by atoms with Crippen LogP contribution in [0.3, 0.4) is 0 Å². The molecule has 0 aliphatic carbocycles. The molecule has 4 rings (SSSR count). The number of carbonyl (C=O) groups is 2. The number of piperidine rings is 1. The van der Waals surface area contributed by atoms with E-state index in [0.29, 0.717) is 19.6 Å². The Bertz CT molecular complexity index is 1050. The minimum atomic E-state index is -0.00504. The second kappa shape index (κ2) is 10.1. The molecule has 1 aromatic heterocycles. The molecule has 0 saturated carbocycles. The van der Waals surface area contributed by atoms with Gasteiger partial charge < -0.3 is 14.8 Å². The third-order valence-electron chi connectivity index (χ3n) is 5.95. The van der Waals surface area contributed by atoms with Crippen molar-refractivity contribution in [2.24, 2.45) is 5.92 Å². The topological polar surface area (TPSA) is 54.3 Å². The van der Waals surface area contributed by atoms with Gasteiger partial charge in [-0.3, -0.25) is 9.59 Å². The van der Waals surface area contributed by atoms with Crippen molar-refractivity contribution < 1.29 is 9.59 Å². The minimum Gasteiger partial charge on any atom is -0.356 e. The summed E-state index contributed by atoms with van der Waals surface area (Å²) in [5, 5.41) is 4.33. The van der Waals surface area contributed by atoms with Crippen LogP contribution in [0.25, 0.3) is 17.0 Å². The number of para-hydroxylation sites is 1. The van der Waals surface area contributed by atoms with Crippen molar-refractivity contribution in [1.82, 2.24) is 14.8 Å². The van der Waals surface area contributed by atoms with E-state index in [9.17, 15) is 9.59 Å². The summed E-state index contributed by atoms with van der Waals surface area (Å²) in [6, 6.07) is 20.3. The number of carbonyl (C=O) groups excluding carboxylic acids is 2. The summed E-state index contributed by atoms with van der Waals surface area (Å²) in [6.07, 6.45) is 7.91. The predicted molar refractivity (Wildman–Crippen MR) is 124 cm³/mol. The van der Waals surface area contributed by atoms with Crippen LogP contribution in [0.2, 0.25) is 0 Å². The van der Waals surface area contributed by atoms with Crippen molar-refractivity contribution in [3.63, 3.8) is 0 Å². The largest absolute Gasteiger partial charge is 0.356 e. The van der Waals surface area contributed by atoms with Gasteiger partial charge in [-0.2, -0.15) is 0 Å². The summed E-state index contributed by atoms with van der Waals surface area (Å²) in [7, 11) is 0. The van der Waals surface area contributed by atoms with Gasteiger partial charge in [-0.25, -0.2) is 0 Å². The van der Waals surface area contributed by atoms with Crippen LogP contribution in [-0.2, 0) is 16.1 Å². The molecule has 31 heavy (non-hydrogen) atoms. The van der Waals surface area contributed by atoms with E-state index in [0.717, 1.165) is 31.4 Å². The molecule has 0 unspecified atom stereocenters. The minimum absolute atomic E-state index is 0.00504. The Hall–Kier alpha value is -3.34. The fourth-order valence-electron chi connectivity index (χ4n) is 4.14. The molecular formula is C26H29N3O2. The van der Waals surface area contributed by atoms with Crippen molar-refractivity contribution in [3.8, 4) is 0 Å².